The van der Waals surface area contributed by atoms with Gasteiger partial charge in [-0.3, -0.25) is 0 Å². The predicted octanol–water partition coefficient (Wildman–Crippen LogP) is 3.24. The van der Waals surface area contributed by atoms with Crippen molar-refractivity contribution in [2.75, 3.05) is 13.2 Å². The first kappa shape index (κ1) is 12.9. The first-order valence-corrected chi connectivity index (χ1v) is 6.25. The van der Waals surface area contributed by atoms with E-state index in [2.05, 4.69) is 24.9 Å². The molecule has 3 heteroatoms. The fourth-order valence-corrected chi connectivity index (χ4v) is 1.94. The lowest BCUT2D eigenvalue weighted by Crippen LogP contribution is -2.12. The quantitative estimate of drug-likeness (QED) is 0.600. The minimum Gasteiger partial charge on any atom is -0.458 e. The molecule has 0 atom stereocenters. The Balaban J connectivity index is 2.27. The zero-order valence-corrected chi connectivity index (χ0v) is 10.7. The lowest BCUT2D eigenvalue weighted by molar-refractivity contribution is 0.132. The monoisotopic (exact) mass is 245 g/mol. The van der Waals surface area contributed by atoms with Crippen LogP contribution in [0.2, 0.25) is 0 Å². The topological polar surface area (TPSA) is 34.4 Å². The minimum absolute atomic E-state index is 0.488. The van der Waals surface area contributed by atoms with Crippen LogP contribution in [0.25, 0.3) is 11.0 Å². The molecule has 0 saturated carbocycles. The Morgan fingerprint density at radius 1 is 1.39 bits per heavy atom. The number of nitrogens with one attached hydrogen (secondary N) is 1. The fraction of sp³-hybridized carbons (Fsp3) is 0.333. The molecule has 2 rings (SSSR count). The summed E-state index contributed by atoms with van der Waals surface area (Å²) in [6.07, 6.45) is 1.74. The van der Waals surface area contributed by atoms with Gasteiger partial charge in [0, 0.05) is 17.5 Å². The lowest BCUT2D eigenvalue weighted by Gasteiger charge is -2.04. The molecule has 2 aromatic rings. The van der Waals surface area contributed by atoms with Crippen LogP contribution in [0.15, 0.2) is 41.3 Å². The van der Waals surface area contributed by atoms with Crippen molar-refractivity contribution in [2.45, 2.75) is 20.1 Å². The van der Waals surface area contributed by atoms with Crippen molar-refractivity contribution in [1.82, 2.24) is 5.32 Å². The van der Waals surface area contributed by atoms with Crippen molar-refractivity contribution in [3.63, 3.8) is 0 Å². The van der Waals surface area contributed by atoms with Gasteiger partial charge in [0.05, 0.1) is 6.61 Å². The van der Waals surface area contributed by atoms with E-state index in [1.165, 1.54) is 5.56 Å². The zero-order chi connectivity index (χ0) is 12.8. The number of fused-ring (bicyclic) bond motifs is 1. The molecule has 0 spiro atoms. The van der Waals surface area contributed by atoms with Gasteiger partial charge in [0.1, 0.15) is 18.0 Å². The minimum atomic E-state index is 0.488. The normalized spacial score (nSPS) is 10.9. The Morgan fingerprint density at radius 3 is 3.00 bits per heavy atom. The van der Waals surface area contributed by atoms with Gasteiger partial charge in [-0.2, -0.15) is 0 Å². The van der Waals surface area contributed by atoms with Gasteiger partial charge in [0.15, 0.2) is 0 Å². The van der Waals surface area contributed by atoms with Gasteiger partial charge in [-0.1, -0.05) is 31.2 Å². The molecule has 0 amide bonds. The fourth-order valence-electron chi connectivity index (χ4n) is 1.94. The largest absolute Gasteiger partial charge is 0.458 e. The summed E-state index contributed by atoms with van der Waals surface area (Å²) in [5.74, 6) is 0.902. The molecule has 0 aliphatic rings. The molecular weight excluding hydrogens is 226 g/mol. The summed E-state index contributed by atoms with van der Waals surface area (Å²) in [6, 6.07) is 8.09. The van der Waals surface area contributed by atoms with Crippen LogP contribution in [0, 0.1) is 0 Å². The summed E-state index contributed by atoms with van der Waals surface area (Å²) in [5.41, 5.74) is 2.11. The van der Waals surface area contributed by atoms with Crippen LogP contribution in [0.4, 0.5) is 0 Å². The third kappa shape index (κ3) is 2.81. The highest BCUT2D eigenvalue weighted by molar-refractivity contribution is 5.82. The Labute approximate surface area is 107 Å². The SMILES string of the molecule is C=CCOCc1oc2ccccc2c1CNCC. The zero-order valence-electron chi connectivity index (χ0n) is 10.7. The molecule has 3 nitrogen and oxygen atoms in total. The van der Waals surface area contributed by atoms with Gasteiger partial charge in [-0.05, 0) is 12.6 Å². The van der Waals surface area contributed by atoms with E-state index in [0.29, 0.717) is 13.2 Å². The van der Waals surface area contributed by atoms with Crippen molar-refractivity contribution in [1.29, 1.82) is 0 Å². The summed E-state index contributed by atoms with van der Waals surface area (Å²) < 4.78 is 11.3. The van der Waals surface area contributed by atoms with Crippen molar-refractivity contribution in [3.8, 4) is 0 Å². The number of rotatable bonds is 7. The van der Waals surface area contributed by atoms with E-state index in [9.17, 15) is 0 Å². The van der Waals surface area contributed by atoms with Crippen LogP contribution in [0.5, 0.6) is 0 Å². The highest BCUT2D eigenvalue weighted by Gasteiger charge is 2.13. The number of hydrogen-bond donors (Lipinski definition) is 1. The van der Waals surface area contributed by atoms with E-state index in [4.69, 9.17) is 9.15 Å². The highest BCUT2D eigenvalue weighted by atomic mass is 16.5. The summed E-state index contributed by atoms with van der Waals surface area (Å²) in [4.78, 5) is 0. The number of benzene rings is 1. The van der Waals surface area contributed by atoms with Crippen LogP contribution >= 0.6 is 0 Å². The van der Waals surface area contributed by atoms with Crippen molar-refractivity contribution in [3.05, 3.63) is 48.2 Å². The van der Waals surface area contributed by atoms with E-state index >= 15 is 0 Å². The van der Waals surface area contributed by atoms with E-state index < -0.39 is 0 Å². The van der Waals surface area contributed by atoms with Crippen molar-refractivity contribution < 1.29 is 9.15 Å². The van der Waals surface area contributed by atoms with Crippen molar-refractivity contribution >= 4 is 11.0 Å². The number of hydrogen-bond acceptors (Lipinski definition) is 3. The molecule has 0 aliphatic heterocycles. The molecule has 1 heterocycles. The van der Waals surface area contributed by atoms with Gasteiger partial charge < -0.3 is 14.5 Å². The molecule has 18 heavy (non-hydrogen) atoms. The number of para-hydroxylation sites is 1. The number of furan rings is 1. The third-order valence-corrected chi connectivity index (χ3v) is 2.80. The second-order valence-electron chi connectivity index (χ2n) is 4.08. The first-order chi connectivity index (χ1) is 8.86. The van der Waals surface area contributed by atoms with Gasteiger partial charge in [0.25, 0.3) is 0 Å². The molecule has 0 aliphatic carbocycles. The molecular formula is C15H19NO2. The standard InChI is InChI=1S/C15H19NO2/c1-3-9-17-11-15-13(10-16-4-2)12-7-5-6-8-14(12)18-15/h3,5-8,16H,1,4,9-11H2,2H3. The first-order valence-electron chi connectivity index (χ1n) is 6.25. The van der Waals surface area contributed by atoms with Crippen molar-refractivity contribution in [2.24, 2.45) is 0 Å². The van der Waals surface area contributed by atoms with Crippen LogP contribution in [-0.2, 0) is 17.9 Å². The summed E-state index contributed by atoms with van der Waals surface area (Å²) >= 11 is 0. The second kappa shape index (κ2) is 6.38. The molecule has 0 unspecified atom stereocenters. The summed E-state index contributed by atoms with van der Waals surface area (Å²) in [6.45, 7) is 8.50. The van der Waals surface area contributed by atoms with E-state index in [0.717, 1.165) is 29.8 Å². The Bertz CT molecular complexity index is 516. The average molecular weight is 245 g/mol. The van der Waals surface area contributed by atoms with Gasteiger partial charge >= 0.3 is 0 Å². The lowest BCUT2D eigenvalue weighted by atomic mass is 10.1. The molecule has 0 radical (unpaired) electrons. The third-order valence-electron chi connectivity index (χ3n) is 2.80. The molecule has 1 aromatic carbocycles. The predicted molar refractivity (Wildman–Crippen MR) is 73.4 cm³/mol. The maximum atomic E-state index is 5.84. The molecule has 96 valence electrons. The van der Waals surface area contributed by atoms with E-state index in [-0.39, 0.29) is 0 Å². The molecule has 0 saturated heterocycles. The van der Waals surface area contributed by atoms with Crippen LogP contribution in [-0.4, -0.2) is 13.2 Å². The maximum absolute atomic E-state index is 5.84. The summed E-state index contributed by atoms with van der Waals surface area (Å²) in [5, 5.41) is 4.50. The Hall–Kier alpha value is -1.58. The maximum Gasteiger partial charge on any atom is 0.135 e. The van der Waals surface area contributed by atoms with Crippen LogP contribution in [0.1, 0.15) is 18.2 Å². The number of ether oxygens (including phenoxy) is 1. The van der Waals surface area contributed by atoms with Crippen LogP contribution < -0.4 is 5.32 Å². The van der Waals surface area contributed by atoms with Crippen LogP contribution in [0.3, 0.4) is 0 Å². The van der Waals surface area contributed by atoms with Gasteiger partial charge in [-0.15, -0.1) is 6.58 Å². The smallest absolute Gasteiger partial charge is 0.135 e. The summed E-state index contributed by atoms with van der Waals surface area (Å²) in [7, 11) is 0. The molecule has 1 aromatic heterocycles. The highest BCUT2D eigenvalue weighted by Crippen LogP contribution is 2.26. The average Bonchev–Trinajstić information content (AvgIpc) is 2.74. The van der Waals surface area contributed by atoms with Gasteiger partial charge in [0.2, 0.25) is 0 Å². The van der Waals surface area contributed by atoms with E-state index in [1.54, 1.807) is 6.08 Å². The van der Waals surface area contributed by atoms with E-state index in [1.807, 2.05) is 18.2 Å². The molecule has 1 N–H and O–H groups in total. The van der Waals surface area contributed by atoms with Gasteiger partial charge in [-0.25, -0.2) is 0 Å². The molecule has 0 bridgehead atoms. The Morgan fingerprint density at radius 2 is 2.22 bits per heavy atom. The molecule has 0 fully saturated rings. The Kier molecular flexibility index (Phi) is 4.56. The second-order valence-corrected chi connectivity index (χ2v) is 4.08.